The number of hydrogen-bond donors (Lipinski definition) is 2. The molecule has 0 saturated heterocycles. The first-order valence-corrected chi connectivity index (χ1v) is 7.79. The second kappa shape index (κ2) is 8.55. The average molecular weight is 352 g/mol. The number of anilines is 1. The van der Waals surface area contributed by atoms with Gasteiger partial charge in [-0.15, -0.1) is 0 Å². The molecule has 0 fully saturated rings. The molecule has 7 heteroatoms. The lowest BCUT2D eigenvalue weighted by Gasteiger charge is -2.12. The van der Waals surface area contributed by atoms with Gasteiger partial charge in [0.15, 0.2) is 21.8 Å². The number of hydrogen-bond acceptors (Lipinski definition) is 4. The van der Waals surface area contributed by atoms with E-state index in [4.69, 9.17) is 33.3 Å². The van der Waals surface area contributed by atoms with E-state index in [9.17, 15) is 0 Å². The third-order valence-electron chi connectivity index (χ3n) is 3.15. The molecule has 2 rings (SSSR count). The second-order valence-electron chi connectivity index (χ2n) is 4.66. The summed E-state index contributed by atoms with van der Waals surface area (Å²) in [5, 5.41) is 7.04. The Labute approximate surface area is 146 Å². The first-order valence-electron chi connectivity index (χ1n) is 7.00. The monoisotopic (exact) mass is 351 g/mol. The molecule has 2 N–H and O–H groups in total. The third kappa shape index (κ3) is 4.97. The molecular formula is C16H18ClN3O2S. The van der Waals surface area contributed by atoms with Crippen LogP contribution in [0.2, 0.25) is 5.15 Å². The van der Waals surface area contributed by atoms with Crippen LogP contribution in [0.5, 0.6) is 11.5 Å². The van der Waals surface area contributed by atoms with Gasteiger partial charge in [0.25, 0.3) is 0 Å². The van der Waals surface area contributed by atoms with Crippen molar-refractivity contribution in [3.05, 3.63) is 47.2 Å². The quantitative estimate of drug-likeness (QED) is 0.615. The predicted octanol–water partition coefficient (Wildman–Crippen LogP) is 3.28. The van der Waals surface area contributed by atoms with Crippen LogP contribution in [0, 0.1) is 0 Å². The van der Waals surface area contributed by atoms with Gasteiger partial charge in [-0.1, -0.05) is 17.7 Å². The highest BCUT2D eigenvalue weighted by molar-refractivity contribution is 7.80. The maximum atomic E-state index is 5.97. The Morgan fingerprint density at radius 1 is 1.22 bits per heavy atom. The topological polar surface area (TPSA) is 55.4 Å². The van der Waals surface area contributed by atoms with Gasteiger partial charge in [-0.25, -0.2) is 4.98 Å². The van der Waals surface area contributed by atoms with Crippen LogP contribution in [0.3, 0.4) is 0 Å². The Morgan fingerprint density at radius 3 is 2.70 bits per heavy atom. The Balaban J connectivity index is 1.85. The summed E-state index contributed by atoms with van der Waals surface area (Å²) in [6, 6.07) is 9.45. The molecule has 0 saturated carbocycles. The lowest BCUT2D eigenvalue weighted by molar-refractivity contribution is 0.354. The molecule has 0 atom stereocenters. The van der Waals surface area contributed by atoms with Crippen LogP contribution in [0.15, 0.2) is 36.5 Å². The van der Waals surface area contributed by atoms with Crippen molar-refractivity contribution in [3.8, 4) is 11.5 Å². The molecule has 2 aromatic rings. The Kier molecular flexibility index (Phi) is 6.43. The van der Waals surface area contributed by atoms with Gasteiger partial charge >= 0.3 is 0 Å². The van der Waals surface area contributed by atoms with Crippen LogP contribution in [-0.2, 0) is 6.42 Å². The number of benzene rings is 1. The average Bonchev–Trinajstić information content (AvgIpc) is 2.56. The number of nitrogens with one attached hydrogen (secondary N) is 2. The van der Waals surface area contributed by atoms with Crippen LogP contribution in [0.1, 0.15) is 5.56 Å². The van der Waals surface area contributed by atoms with Gasteiger partial charge in [-0.2, -0.15) is 0 Å². The van der Waals surface area contributed by atoms with E-state index in [0.717, 1.165) is 12.0 Å². The van der Waals surface area contributed by atoms with Crippen molar-refractivity contribution in [2.24, 2.45) is 0 Å². The fourth-order valence-corrected chi connectivity index (χ4v) is 2.38. The summed E-state index contributed by atoms with van der Waals surface area (Å²) in [6.07, 6.45) is 2.42. The van der Waals surface area contributed by atoms with Crippen molar-refractivity contribution in [1.29, 1.82) is 0 Å². The predicted molar refractivity (Wildman–Crippen MR) is 96.7 cm³/mol. The fraction of sp³-hybridized carbons (Fsp3) is 0.250. The lowest BCUT2D eigenvalue weighted by atomic mass is 10.1. The highest BCUT2D eigenvalue weighted by atomic mass is 35.5. The zero-order valence-electron chi connectivity index (χ0n) is 12.9. The summed E-state index contributed by atoms with van der Waals surface area (Å²) < 4.78 is 10.5. The van der Waals surface area contributed by atoms with Crippen LogP contribution in [-0.4, -0.2) is 30.9 Å². The van der Waals surface area contributed by atoms with Gasteiger partial charge in [-0.05, 0) is 48.5 Å². The third-order valence-corrected chi connectivity index (χ3v) is 3.70. The van der Waals surface area contributed by atoms with Gasteiger partial charge in [0.1, 0.15) is 0 Å². The molecule has 1 aromatic heterocycles. The van der Waals surface area contributed by atoms with Crippen LogP contribution in [0.25, 0.3) is 0 Å². The standard InChI is InChI=1S/C16H18ClN3O2S/c1-21-13-6-5-11(10-14(13)22-2)7-9-19-16(23)20-12-4-3-8-18-15(12)17/h3-6,8,10H,7,9H2,1-2H3,(H2,19,20,23). The van der Waals surface area contributed by atoms with E-state index in [1.165, 1.54) is 0 Å². The maximum absolute atomic E-state index is 5.97. The summed E-state index contributed by atoms with van der Waals surface area (Å²) in [6.45, 7) is 0.680. The van der Waals surface area contributed by atoms with Crippen molar-refractivity contribution in [2.75, 3.05) is 26.1 Å². The number of ether oxygens (including phenoxy) is 2. The van der Waals surface area contributed by atoms with Crippen molar-refractivity contribution >= 4 is 34.6 Å². The Morgan fingerprint density at radius 2 is 2.00 bits per heavy atom. The molecule has 0 aliphatic rings. The van der Waals surface area contributed by atoms with Gasteiger partial charge in [0, 0.05) is 12.7 Å². The number of nitrogens with zero attached hydrogens (tertiary/aromatic N) is 1. The van der Waals surface area contributed by atoms with Crippen LogP contribution >= 0.6 is 23.8 Å². The second-order valence-corrected chi connectivity index (χ2v) is 5.43. The number of methoxy groups -OCH3 is 2. The molecular weight excluding hydrogens is 334 g/mol. The van der Waals surface area contributed by atoms with Crippen molar-refractivity contribution in [3.63, 3.8) is 0 Å². The highest BCUT2D eigenvalue weighted by Gasteiger charge is 2.05. The minimum Gasteiger partial charge on any atom is -0.493 e. The summed E-state index contributed by atoms with van der Waals surface area (Å²) in [5.41, 5.74) is 1.80. The number of aromatic nitrogens is 1. The van der Waals surface area contributed by atoms with E-state index in [1.807, 2.05) is 24.3 Å². The summed E-state index contributed by atoms with van der Waals surface area (Å²) in [7, 11) is 3.24. The van der Waals surface area contributed by atoms with E-state index in [2.05, 4.69) is 15.6 Å². The molecule has 0 amide bonds. The van der Waals surface area contributed by atoms with Gasteiger partial charge in [0.05, 0.1) is 19.9 Å². The molecule has 0 unspecified atom stereocenters. The van der Waals surface area contributed by atoms with Gasteiger partial charge < -0.3 is 20.1 Å². The molecule has 1 heterocycles. The smallest absolute Gasteiger partial charge is 0.170 e. The van der Waals surface area contributed by atoms with Crippen molar-refractivity contribution in [1.82, 2.24) is 10.3 Å². The minimum atomic E-state index is 0.386. The van der Waals surface area contributed by atoms with E-state index >= 15 is 0 Å². The summed E-state index contributed by atoms with van der Waals surface area (Å²) >= 11 is 11.2. The number of rotatable bonds is 6. The van der Waals surface area contributed by atoms with E-state index in [-0.39, 0.29) is 0 Å². The van der Waals surface area contributed by atoms with E-state index in [0.29, 0.717) is 34.0 Å². The first-order chi connectivity index (χ1) is 11.1. The molecule has 0 radical (unpaired) electrons. The first kappa shape index (κ1) is 17.3. The highest BCUT2D eigenvalue weighted by Crippen LogP contribution is 2.27. The Hall–Kier alpha value is -2.05. The lowest BCUT2D eigenvalue weighted by Crippen LogP contribution is -2.30. The van der Waals surface area contributed by atoms with Gasteiger partial charge in [0.2, 0.25) is 0 Å². The zero-order valence-corrected chi connectivity index (χ0v) is 14.5. The largest absolute Gasteiger partial charge is 0.493 e. The Bertz CT molecular complexity index is 682. The summed E-state index contributed by atoms with van der Waals surface area (Å²) in [4.78, 5) is 3.99. The zero-order chi connectivity index (χ0) is 16.7. The van der Waals surface area contributed by atoms with Crippen molar-refractivity contribution < 1.29 is 9.47 Å². The number of pyridine rings is 1. The normalized spacial score (nSPS) is 10.0. The molecule has 0 spiro atoms. The molecule has 23 heavy (non-hydrogen) atoms. The van der Waals surface area contributed by atoms with Crippen LogP contribution in [0.4, 0.5) is 5.69 Å². The summed E-state index contributed by atoms with van der Waals surface area (Å²) in [5.74, 6) is 1.43. The number of halogens is 1. The van der Waals surface area contributed by atoms with Crippen LogP contribution < -0.4 is 20.1 Å². The molecule has 0 aliphatic heterocycles. The molecule has 5 nitrogen and oxygen atoms in total. The SMILES string of the molecule is COc1ccc(CCNC(=S)Nc2cccnc2Cl)cc1OC. The molecule has 1 aromatic carbocycles. The van der Waals surface area contributed by atoms with E-state index in [1.54, 1.807) is 26.5 Å². The maximum Gasteiger partial charge on any atom is 0.170 e. The molecule has 0 bridgehead atoms. The van der Waals surface area contributed by atoms with Crippen molar-refractivity contribution in [2.45, 2.75) is 6.42 Å². The minimum absolute atomic E-state index is 0.386. The van der Waals surface area contributed by atoms with Gasteiger partial charge in [-0.3, -0.25) is 0 Å². The fourth-order valence-electron chi connectivity index (χ4n) is 2.00. The van der Waals surface area contributed by atoms with E-state index < -0.39 is 0 Å². The molecule has 122 valence electrons. The number of thiocarbonyl (C=S) groups is 1. The molecule has 0 aliphatic carbocycles.